The maximum Gasteiger partial charge on any atom is 0.0399 e. The number of rotatable bonds is 4. The first-order chi connectivity index (χ1) is 9.33. The van der Waals surface area contributed by atoms with Gasteiger partial charge in [0.25, 0.3) is 0 Å². The normalized spacial score (nSPS) is 21.4. The van der Waals surface area contributed by atoms with Gasteiger partial charge in [-0.15, -0.1) is 0 Å². The smallest absolute Gasteiger partial charge is 0.0399 e. The Hall–Kier alpha value is -1.06. The molecule has 1 fully saturated rings. The summed E-state index contributed by atoms with van der Waals surface area (Å²) in [4.78, 5) is 5.17. The number of anilines is 1. The molecule has 1 saturated heterocycles. The van der Waals surface area contributed by atoms with Gasteiger partial charge in [0.2, 0.25) is 0 Å². The Kier molecular flexibility index (Phi) is 4.04. The van der Waals surface area contributed by atoms with Crippen LogP contribution in [0.1, 0.15) is 12.5 Å². The van der Waals surface area contributed by atoms with Crippen LogP contribution in [0, 0.1) is 5.92 Å². The third kappa shape index (κ3) is 3.10. The van der Waals surface area contributed by atoms with Gasteiger partial charge in [-0.3, -0.25) is 0 Å². The number of nitrogens with zero attached hydrogens (tertiary/aromatic N) is 2. The number of hydrogen-bond donors (Lipinski definition) is 1. The Labute approximate surface area is 116 Å². The van der Waals surface area contributed by atoms with Crippen LogP contribution in [0.3, 0.4) is 0 Å². The molecule has 3 heteroatoms. The summed E-state index contributed by atoms with van der Waals surface area (Å²) >= 11 is 0. The molecule has 1 aromatic carbocycles. The van der Waals surface area contributed by atoms with E-state index in [1.54, 1.807) is 0 Å². The zero-order valence-corrected chi connectivity index (χ0v) is 11.9. The summed E-state index contributed by atoms with van der Waals surface area (Å²) in [7, 11) is 0. The van der Waals surface area contributed by atoms with Crippen molar-refractivity contribution < 1.29 is 0 Å². The zero-order valence-electron chi connectivity index (χ0n) is 11.9. The Morgan fingerprint density at radius 2 is 1.89 bits per heavy atom. The fourth-order valence-corrected chi connectivity index (χ4v) is 3.36. The number of nitrogens with one attached hydrogen (secondary N) is 1. The fourth-order valence-electron chi connectivity index (χ4n) is 3.36. The van der Waals surface area contributed by atoms with E-state index >= 15 is 0 Å². The molecule has 2 heterocycles. The van der Waals surface area contributed by atoms with Crippen LogP contribution in [0.15, 0.2) is 24.3 Å². The molecule has 0 radical (unpaired) electrons. The molecule has 2 aliphatic rings. The van der Waals surface area contributed by atoms with E-state index < -0.39 is 0 Å². The van der Waals surface area contributed by atoms with Crippen molar-refractivity contribution in [1.82, 2.24) is 10.2 Å². The first kappa shape index (κ1) is 12.9. The quantitative estimate of drug-likeness (QED) is 0.886. The number of fused-ring (bicyclic) bond motifs is 1. The molecular weight excluding hydrogens is 234 g/mol. The average Bonchev–Trinajstić information content (AvgIpc) is 2.83. The van der Waals surface area contributed by atoms with Gasteiger partial charge < -0.3 is 15.1 Å². The molecular formula is C16H25N3. The Morgan fingerprint density at radius 3 is 2.74 bits per heavy atom. The molecule has 3 rings (SSSR count). The van der Waals surface area contributed by atoms with Crippen molar-refractivity contribution in [3.05, 3.63) is 29.8 Å². The topological polar surface area (TPSA) is 18.5 Å². The van der Waals surface area contributed by atoms with E-state index in [1.165, 1.54) is 50.4 Å². The molecule has 2 aliphatic heterocycles. The van der Waals surface area contributed by atoms with Crippen LogP contribution in [-0.2, 0) is 6.42 Å². The minimum Gasteiger partial charge on any atom is -0.371 e. The van der Waals surface area contributed by atoms with Crippen LogP contribution in [0.5, 0.6) is 0 Å². The van der Waals surface area contributed by atoms with Crippen LogP contribution in [0.2, 0.25) is 0 Å². The van der Waals surface area contributed by atoms with Crippen LogP contribution in [0.25, 0.3) is 0 Å². The summed E-state index contributed by atoms with van der Waals surface area (Å²) < 4.78 is 0. The van der Waals surface area contributed by atoms with Crippen LogP contribution >= 0.6 is 0 Å². The lowest BCUT2D eigenvalue weighted by molar-refractivity contribution is 0.212. The zero-order chi connectivity index (χ0) is 13.1. The van der Waals surface area contributed by atoms with Gasteiger partial charge in [-0.1, -0.05) is 25.1 Å². The highest BCUT2D eigenvalue weighted by molar-refractivity contribution is 5.57. The van der Waals surface area contributed by atoms with E-state index in [9.17, 15) is 0 Å². The van der Waals surface area contributed by atoms with Crippen molar-refractivity contribution in [2.45, 2.75) is 13.3 Å². The van der Waals surface area contributed by atoms with Gasteiger partial charge in [-0.05, 0) is 24.0 Å². The first-order valence-electron chi connectivity index (χ1n) is 7.59. The molecule has 0 amide bonds. The molecule has 0 aliphatic carbocycles. The maximum absolute atomic E-state index is 3.42. The molecule has 0 aromatic heterocycles. The average molecular weight is 259 g/mol. The Balaban J connectivity index is 1.54. The summed E-state index contributed by atoms with van der Waals surface area (Å²) in [6.45, 7) is 10.7. The van der Waals surface area contributed by atoms with Crippen molar-refractivity contribution >= 4 is 5.69 Å². The van der Waals surface area contributed by atoms with E-state index in [2.05, 4.69) is 46.3 Å². The minimum absolute atomic E-state index is 0.740. The van der Waals surface area contributed by atoms with Crippen molar-refractivity contribution in [2.24, 2.45) is 5.92 Å². The highest BCUT2D eigenvalue weighted by Gasteiger charge is 2.21. The van der Waals surface area contributed by atoms with Gasteiger partial charge in [0.1, 0.15) is 0 Å². The summed E-state index contributed by atoms with van der Waals surface area (Å²) in [5, 5.41) is 3.42. The Morgan fingerprint density at radius 1 is 1.11 bits per heavy atom. The molecule has 104 valence electrons. The molecule has 0 bridgehead atoms. The number of benzene rings is 1. The summed E-state index contributed by atoms with van der Waals surface area (Å²) in [6.07, 6.45) is 1.22. The van der Waals surface area contributed by atoms with E-state index in [0.717, 1.165) is 19.0 Å². The molecule has 1 aromatic rings. The van der Waals surface area contributed by atoms with Crippen LogP contribution in [0.4, 0.5) is 5.69 Å². The standard InChI is InChI=1S/C16H25N3/c1-14(12-18-10-7-17-8-11-18)13-19-9-6-15-4-2-3-5-16(15)19/h2-5,14,17H,6-13H2,1H3. The van der Waals surface area contributed by atoms with Gasteiger partial charge >= 0.3 is 0 Å². The van der Waals surface area contributed by atoms with E-state index in [-0.39, 0.29) is 0 Å². The number of para-hydroxylation sites is 1. The van der Waals surface area contributed by atoms with Crippen LogP contribution < -0.4 is 10.2 Å². The summed E-state index contributed by atoms with van der Waals surface area (Å²) in [5.41, 5.74) is 2.99. The monoisotopic (exact) mass is 259 g/mol. The molecule has 0 saturated carbocycles. The van der Waals surface area contributed by atoms with E-state index in [0.29, 0.717) is 0 Å². The molecule has 1 atom stereocenters. The first-order valence-corrected chi connectivity index (χ1v) is 7.59. The number of hydrogen-bond acceptors (Lipinski definition) is 3. The summed E-state index contributed by atoms with van der Waals surface area (Å²) in [6, 6.07) is 8.88. The van der Waals surface area contributed by atoms with E-state index in [1.807, 2.05) is 0 Å². The molecule has 1 unspecified atom stereocenters. The van der Waals surface area contributed by atoms with Gasteiger partial charge in [-0.2, -0.15) is 0 Å². The highest BCUT2D eigenvalue weighted by Crippen LogP contribution is 2.28. The highest BCUT2D eigenvalue weighted by atomic mass is 15.2. The second-order valence-corrected chi connectivity index (χ2v) is 5.98. The van der Waals surface area contributed by atoms with E-state index in [4.69, 9.17) is 0 Å². The van der Waals surface area contributed by atoms with Crippen molar-refractivity contribution in [3.63, 3.8) is 0 Å². The lowest BCUT2D eigenvalue weighted by Crippen LogP contribution is -2.46. The predicted octanol–water partition coefficient (Wildman–Crippen LogP) is 1.59. The molecule has 3 nitrogen and oxygen atoms in total. The van der Waals surface area contributed by atoms with Crippen LogP contribution in [-0.4, -0.2) is 50.7 Å². The second-order valence-electron chi connectivity index (χ2n) is 5.98. The van der Waals surface area contributed by atoms with Crippen molar-refractivity contribution in [1.29, 1.82) is 0 Å². The third-order valence-corrected chi connectivity index (χ3v) is 4.29. The third-order valence-electron chi connectivity index (χ3n) is 4.29. The molecule has 1 N–H and O–H groups in total. The molecule has 19 heavy (non-hydrogen) atoms. The van der Waals surface area contributed by atoms with Gasteiger partial charge in [0.05, 0.1) is 0 Å². The minimum atomic E-state index is 0.740. The van der Waals surface area contributed by atoms with Gasteiger partial charge in [0.15, 0.2) is 0 Å². The van der Waals surface area contributed by atoms with Crippen molar-refractivity contribution in [2.75, 3.05) is 50.7 Å². The van der Waals surface area contributed by atoms with Crippen molar-refractivity contribution in [3.8, 4) is 0 Å². The second kappa shape index (κ2) is 5.93. The SMILES string of the molecule is CC(CN1CCNCC1)CN1CCc2ccccc21. The predicted molar refractivity (Wildman–Crippen MR) is 80.8 cm³/mol. The fraction of sp³-hybridized carbons (Fsp3) is 0.625. The largest absolute Gasteiger partial charge is 0.371 e. The van der Waals surface area contributed by atoms with Gasteiger partial charge in [-0.25, -0.2) is 0 Å². The lowest BCUT2D eigenvalue weighted by Gasteiger charge is -2.31. The maximum atomic E-state index is 3.42. The number of piperazine rings is 1. The Bertz CT molecular complexity index is 412. The van der Waals surface area contributed by atoms with Gasteiger partial charge in [0, 0.05) is 51.5 Å². The molecule has 0 spiro atoms. The lowest BCUT2D eigenvalue weighted by atomic mass is 10.1. The summed E-state index contributed by atoms with van der Waals surface area (Å²) in [5.74, 6) is 0.740.